The molecule has 0 saturated carbocycles. The fourth-order valence-corrected chi connectivity index (χ4v) is 3.17. The van der Waals surface area contributed by atoms with Gasteiger partial charge in [0.1, 0.15) is 0 Å². The lowest BCUT2D eigenvalue weighted by Gasteiger charge is -2.16. The van der Waals surface area contributed by atoms with Crippen LogP contribution in [0.4, 0.5) is 0 Å². The topological polar surface area (TPSA) is 71.6 Å². The van der Waals surface area contributed by atoms with Gasteiger partial charge in [0.15, 0.2) is 0 Å². The first-order valence-corrected chi connectivity index (χ1v) is 10.3. The minimum atomic E-state index is -0.452. The van der Waals surface area contributed by atoms with E-state index in [0.29, 0.717) is 17.9 Å². The highest BCUT2D eigenvalue weighted by molar-refractivity contribution is 5.40. The molecule has 5 nitrogen and oxygen atoms in total. The number of hydrogen-bond donors (Lipinski definition) is 2. The number of rotatable bonds is 10. The van der Waals surface area contributed by atoms with Crippen LogP contribution in [0.3, 0.4) is 0 Å². The van der Waals surface area contributed by atoms with Crippen molar-refractivity contribution in [1.82, 2.24) is 4.98 Å². The van der Waals surface area contributed by atoms with Crippen LogP contribution < -0.4 is 14.9 Å². The van der Waals surface area contributed by atoms with E-state index in [2.05, 4.69) is 36.2 Å². The number of pyridine rings is 1. The second-order valence-electron chi connectivity index (χ2n) is 7.73. The molecule has 1 aromatic heterocycles. The van der Waals surface area contributed by atoms with Crippen LogP contribution in [-0.2, 0) is 6.42 Å². The van der Waals surface area contributed by atoms with Crippen molar-refractivity contribution in [3.8, 4) is 11.6 Å². The molecule has 2 N–H and O–H groups in total. The first-order valence-electron chi connectivity index (χ1n) is 10.3. The number of aliphatic hydroxyl groups is 1. The van der Waals surface area contributed by atoms with Gasteiger partial charge in [-0.25, -0.2) is 0 Å². The molecule has 0 aromatic carbocycles. The Morgan fingerprint density at radius 1 is 1.20 bits per heavy atom. The second kappa shape index (κ2) is 12.2. The SMILES string of the molecule is C/C=C(/C)[C@H](O)[C@@H](C)/C=C(C)/C=C/C/C(C)=C/Cc1[nH]c(OC)c(OC)c(=O)c1C. The molecule has 166 valence electrons. The van der Waals surface area contributed by atoms with Crippen LogP contribution in [0.1, 0.15) is 52.3 Å². The van der Waals surface area contributed by atoms with Gasteiger partial charge in [-0.15, -0.1) is 0 Å². The number of methoxy groups -OCH3 is 2. The average Bonchev–Trinajstić information content (AvgIpc) is 2.73. The van der Waals surface area contributed by atoms with Gasteiger partial charge in [-0.3, -0.25) is 4.79 Å². The van der Waals surface area contributed by atoms with E-state index in [-0.39, 0.29) is 17.1 Å². The fraction of sp³-hybridized carbons (Fsp3) is 0.480. The van der Waals surface area contributed by atoms with Gasteiger partial charge in [-0.1, -0.05) is 48.5 Å². The molecule has 2 atom stereocenters. The highest BCUT2D eigenvalue weighted by Gasteiger charge is 2.15. The maximum absolute atomic E-state index is 12.4. The van der Waals surface area contributed by atoms with E-state index in [0.717, 1.165) is 23.3 Å². The van der Waals surface area contributed by atoms with Gasteiger partial charge in [-0.2, -0.15) is 0 Å². The summed E-state index contributed by atoms with van der Waals surface area (Å²) in [5, 5.41) is 10.3. The van der Waals surface area contributed by atoms with Gasteiger partial charge < -0.3 is 19.6 Å². The van der Waals surface area contributed by atoms with Crippen LogP contribution >= 0.6 is 0 Å². The molecule has 0 aliphatic rings. The van der Waals surface area contributed by atoms with Crippen molar-refractivity contribution in [2.24, 2.45) is 5.92 Å². The molecule has 0 unspecified atom stereocenters. The number of aromatic nitrogens is 1. The predicted molar refractivity (Wildman–Crippen MR) is 124 cm³/mol. The third-order valence-electron chi connectivity index (χ3n) is 5.30. The van der Waals surface area contributed by atoms with E-state index < -0.39 is 6.10 Å². The van der Waals surface area contributed by atoms with Gasteiger partial charge >= 0.3 is 0 Å². The summed E-state index contributed by atoms with van der Waals surface area (Å²) in [4.78, 5) is 15.6. The Hall–Kier alpha value is -2.53. The first-order chi connectivity index (χ1) is 14.2. The fourth-order valence-electron chi connectivity index (χ4n) is 3.17. The van der Waals surface area contributed by atoms with E-state index in [1.54, 1.807) is 6.92 Å². The van der Waals surface area contributed by atoms with Crippen LogP contribution in [0, 0.1) is 12.8 Å². The number of hydrogen-bond acceptors (Lipinski definition) is 4. The number of aromatic amines is 1. The number of aliphatic hydroxyl groups excluding tert-OH is 1. The molecular formula is C25H37NO4. The lowest BCUT2D eigenvalue weighted by Crippen LogP contribution is -2.17. The molecule has 0 bridgehead atoms. The largest absolute Gasteiger partial charge is 0.488 e. The zero-order valence-electron chi connectivity index (χ0n) is 19.6. The quantitative estimate of drug-likeness (QED) is 0.415. The number of ether oxygens (including phenoxy) is 2. The molecule has 0 saturated heterocycles. The zero-order valence-corrected chi connectivity index (χ0v) is 19.6. The van der Waals surface area contributed by atoms with E-state index in [4.69, 9.17) is 9.47 Å². The van der Waals surface area contributed by atoms with Crippen LogP contribution in [0.15, 0.2) is 51.9 Å². The van der Waals surface area contributed by atoms with Crippen molar-refractivity contribution in [2.75, 3.05) is 14.2 Å². The Kier molecular flexibility index (Phi) is 10.4. The average molecular weight is 416 g/mol. The molecule has 0 fully saturated rings. The summed E-state index contributed by atoms with van der Waals surface area (Å²) in [7, 11) is 2.97. The molecule has 0 radical (unpaired) electrons. The highest BCUT2D eigenvalue weighted by atomic mass is 16.5. The Morgan fingerprint density at radius 3 is 2.43 bits per heavy atom. The van der Waals surface area contributed by atoms with E-state index in [9.17, 15) is 9.90 Å². The summed E-state index contributed by atoms with van der Waals surface area (Å²) >= 11 is 0. The summed E-state index contributed by atoms with van der Waals surface area (Å²) in [5.41, 5.74) is 4.61. The highest BCUT2D eigenvalue weighted by Crippen LogP contribution is 2.22. The van der Waals surface area contributed by atoms with Crippen LogP contribution in [0.25, 0.3) is 0 Å². The maximum atomic E-state index is 12.4. The molecule has 0 spiro atoms. The van der Waals surface area contributed by atoms with Crippen molar-refractivity contribution in [3.63, 3.8) is 0 Å². The molecule has 1 rings (SSSR count). The van der Waals surface area contributed by atoms with E-state index in [1.165, 1.54) is 19.8 Å². The Labute approximate surface area is 180 Å². The van der Waals surface area contributed by atoms with Gasteiger partial charge in [0.05, 0.1) is 20.3 Å². The summed E-state index contributed by atoms with van der Waals surface area (Å²) in [6.07, 6.45) is 11.3. The second-order valence-corrected chi connectivity index (χ2v) is 7.73. The van der Waals surface area contributed by atoms with Crippen molar-refractivity contribution in [3.05, 3.63) is 68.6 Å². The lowest BCUT2D eigenvalue weighted by atomic mass is 9.96. The molecule has 0 amide bonds. The molecule has 30 heavy (non-hydrogen) atoms. The Balaban J connectivity index is 2.80. The molecular weight excluding hydrogens is 378 g/mol. The minimum Gasteiger partial charge on any atom is -0.488 e. The monoisotopic (exact) mass is 415 g/mol. The number of nitrogens with one attached hydrogen (secondary N) is 1. The van der Waals surface area contributed by atoms with Crippen molar-refractivity contribution < 1.29 is 14.6 Å². The van der Waals surface area contributed by atoms with Crippen molar-refractivity contribution in [2.45, 2.75) is 60.5 Å². The first kappa shape index (κ1) is 25.5. The smallest absolute Gasteiger partial charge is 0.238 e. The van der Waals surface area contributed by atoms with Crippen LogP contribution in [0.2, 0.25) is 0 Å². The minimum absolute atomic E-state index is 0.0624. The normalized spacial score (nSPS) is 15.4. The zero-order chi connectivity index (χ0) is 22.8. The molecule has 0 aliphatic heterocycles. The summed E-state index contributed by atoms with van der Waals surface area (Å²) in [6.45, 7) is 11.8. The summed E-state index contributed by atoms with van der Waals surface area (Å²) in [5.74, 6) is 0.611. The number of allylic oxidation sites excluding steroid dienone is 6. The summed E-state index contributed by atoms with van der Waals surface area (Å²) in [6, 6.07) is 0. The van der Waals surface area contributed by atoms with Crippen molar-refractivity contribution in [1.29, 1.82) is 0 Å². The molecule has 1 aromatic rings. The standard InChI is InChI=1S/C25H37NO4/c1-9-18(4)22(27)19(5)15-17(3)12-10-11-16(2)13-14-21-20(6)23(28)24(29-7)25(26-21)30-8/h9-10,12-13,15,19,22,27H,11,14H2,1-8H3,(H,26,28)/b12-10+,16-13+,17-15+,18-9-/t19-,22-/m0/s1. The van der Waals surface area contributed by atoms with Crippen LogP contribution in [-0.4, -0.2) is 30.4 Å². The maximum Gasteiger partial charge on any atom is 0.238 e. The molecule has 1 heterocycles. The number of H-pyrrole nitrogens is 1. The van der Waals surface area contributed by atoms with Crippen LogP contribution in [0.5, 0.6) is 11.6 Å². The Morgan fingerprint density at radius 2 is 1.87 bits per heavy atom. The van der Waals surface area contributed by atoms with Crippen molar-refractivity contribution >= 4 is 0 Å². The van der Waals surface area contributed by atoms with E-state index in [1.807, 2.05) is 33.8 Å². The summed E-state index contributed by atoms with van der Waals surface area (Å²) < 4.78 is 10.4. The van der Waals surface area contributed by atoms with Gasteiger partial charge in [-0.05, 0) is 46.6 Å². The lowest BCUT2D eigenvalue weighted by molar-refractivity contribution is 0.173. The van der Waals surface area contributed by atoms with Gasteiger partial charge in [0.25, 0.3) is 0 Å². The predicted octanol–water partition coefficient (Wildman–Crippen LogP) is 5.05. The van der Waals surface area contributed by atoms with Gasteiger partial charge in [0.2, 0.25) is 17.1 Å². The van der Waals surface area contributed by atoms with E-state index >= 15 is 0 Å². The third-order valence-corrected chi connectivity index (χ3v) is 5.30. The molecule has 5 heteroatoms. The molecule has 0 aliphatic carbocycles. The third kappa shape index (κ3) is 7.06. The van der Waals surface area contributed by atoms with Gasteiger partial charge in [0, 0.05) is 23.6 Å². The Bertz CT molecular complexity index is 887.